The second kappa shape index (κ2) is 7.89. The zero-order valence-corrected chi connectivity index (χ0v) is 15.7. The fourth-order valence-corrected chi connectivity index (χ4v) is 4.63. The van der Waals surface area contributed by atoms with Gasteiger partial charge in [-0.2, -0.15) is 0 Å². The number of carbonyl (C=O) groups is 1. The van der Waals surface area contributed by atoms with Crippen LogP contribution in [0.25, 0.3) is 10.2 Å². The number of hydrogen-bond donors (Lipinski definition) is 1. The van der Waals surface area contributed by atoms with Gasteiger partial charge in [0.05, 0.1) is 28.5 Å². The molecule has 146 valence electrons. The van der Waals surface area contributed by atoms with Gasteiger partial charge in [-0.1, -0.05) is 18.6 Å². The first-order chi connectivity index (χ1) is 13.5. The van der Waals surface area contributed by atoms with Crippen LogP contribution in [0.2, 0.25) is 0 Å². The zero-order chi connectivity index (χ0) is 19.7. The molecule has 8 heteroatoms. The number of rotatable bonds is 4. The predicted octanol–water partition coefficient (Wildman–Crippen LogP) is 4.88. The molecule has 4 nitrogen and oxygen atoms in total. The Morgan fingerprint density at radius 2 is 1.96 bits per heavy atom. The molecule has 1 saturated heterocycles. The molecule has 0 unspecified atom stereocenters. The maximum Gasteiger partial charge on any atom is 0.238 e. The molecule has 0 radical (unpaired) electrons. The molecule has 2 aromatic carbocycles. The average Bonchev–Trinajstić information content (AvgIpc) is 3.13. The second-order valence-corrected chi connectivity index (χ2v) is 7.84. The van der Waals surface area contributed by atoms with Crippen molar-refractivity contribution in [3.05, 3.63) is 58.9 Å². The first-order valence-corrected chi connectivity index (χ1v) is 9.87. The number of fused-ring (bicyclic) bond motifs is 1. The van der Waals surface area contributed by atoms with Gasteiger partial charge in [-0.15, -0.1) is 11.3 Å². The Labute approximate surface area is 164 Å². The zero-order valence-electron chi connectivity index (χ0n) is 14.9. The van der Waals surface area contributed by atoms with Gasteiger partial charge in [0.25, 0.3) is 0 Å². The van der Waals surface area contributed by atoms with Crippen molar-refractivity contribution in [2.75, 3.05) is 18.4 Å². The third-order valence-electron chi connectivity index (χ3n) is 4.87. The van der Waals surface area contributed by atoms with Crippen LogP contribution in [0.3, 0.4) is 0 Å². The minimum Gasteiger partial charge on any atom is -0.322 e. The normalized spacial score (nSPS) is 17.8. The van der Waals surface area contributed by atoms with E-state index in [0.717, 1.165) is 46.6 Å². The molecule has 1 aliphatic heterocycles. The van der Waals surface area contributed by atoms with Crippen molar-refractivity contribution in [2.24, 2.45) is 0 Å². The van der Waals surface area contributed by atoms with E-state index < -0.39 is 23.4 Å². The molecule has 1 fully saturated rings. The van der Waals surface area contributed by atoms with Crippen LogP contribution < -0.4 is 5.32 Å². The highest BCUT2D eigenvalue weighted by Crippen LogP contribution is 2.35. The lowest BCUT2D eigenvalue weighted by Crippen LogP contribution is -2.39. The van der Waals surface area contributed by atoms with Crippen LogP contribution in [0.1, 0.15) is 30.3 Å². The maximum absolute atomic E-state index is 13.8. The molecular formula is C20H18F3N3OS. The van der Waals surface area contributed by atoms with Crippen LogP contribution in [-0.2, 0) is 4.79 Å². The van der Waals surface area contributed by atoms with Gasteiger partial charge in [0.2, 0.25) is 5.91 Å². The van der Waals surface area contributed by atoms with Gasteiger partial charge in [-0.3, -0.25) is 9.69 Å². The first-order valence-electron chi connectivity index (χ1n) is 9.06. The molecule has 1 amide bonds. The van der Waals surface area contributed by atoms with Crippen LogP contribution in [-0.4, -0.2) is 28.9 Å². The molecule has 2 heterocycles. The lowest BCUT2D eigenvalue weighted by atomic mass is 10.0. The number of benzene rings is 2. The Morgan fingerprint density at radius 1 is 1.14 bits per heavy atom. The molecule has 1 aliphatic rings. The van der Waals surface area contributed by atoms with Crippen molar-refractivity contribution in [1.29, 1.82) is 0 Å². The summed E-state index contributed by atoms with van der Waals surface area (Å²) in [4.78, 5) is 19.1. The Morgan fingerprint density at radius 3 is 2.79 bits per heavy atom. The fraction of sp³-hybridized carbons (Fsp3) is 0.300. The number of amides is 1. The summed E-state index contributed by atoms with van der Waals surface area (Å²) in [6.45, 7) is 0.743. The number of piperidine rings is 1. The largest absolute Gasteiger partial charge is 0.322 e. The van der Waals surface area contributed by atoms with Gasteiger partial charge >= 0.3 is 0 Å². The molecule has 0 bridgehead atoms. The van der Waals surface area contributed by atoms with Crippen LogP contribution in [0.15, 0.2) is 36.4 Å². The van der Waals surface area contributed by atoms with E-state index in [1.165, 1.54) is 0 Å². The van der Waals surface area contributed by atoms with E-state index in [0.29, 0.717) is 6.54 Å². The number of hydrogen-bond acceptors (Lipinski definition) is 4. The van der Waals surface area contributed by atoms with E-state index in [4.69, 9.17) is 4.98 Å². The number of halogens is 3. The van der Waals surface area contributed by atoms with Crippen molar-refractivity contribution in [3.8, 4) is 0 Å². The number of nitrogens with one attached hydrogen (secondary N) is 1. The van der Waals surface area contributed by atoms with Crippen molar-refractivity contribution in [3.63, 3.8) is 0 Å². The SMILES string of the molecule is O=C(CN1CCCC[C@H]1c1nc2ccccc2s1)Nc1ccc(F)c(F)c1F. The standard InChI is InChI=1S/C20H18F3N3OS/c21-12-8-9-14(19(23)18(12)22)24-17(27)11-26-10-4-3-6-15(26)20-25-13-5-1-2-7-16(13)28-20/h1-2,5,7-9,15H,3-4,6,10-11H2,(H,24,27)/t15-/m0/s1. The minimum atomic E-state index is -1.59. The minimum absolute atomic E-state index is 0.00620. The molecule has 3 aromatic rings. The predicted molar refractivity (Wildman–Crippen MR) is 103 cm³/mol. The Hall–Kier alpha value is -2.45. The van der Waals surface area contributed by atoms with Gasteiger partial charge in [0.1, 0.15) is 5.01 Å². The van der Waals surface area contributed by atoms with Gasteiger partial charge in [-0.25, -0.2) is 18.2 Å². The molecule has 0 aliphatic carbocycles. The van der Waals surface area contributed by atoms with Gasteiger partial charge in [0.15, 0.2) is 17.5 Å². The van der Waals surface area contributed by atoms with Crippen LogP contribution in [0.4, 0.5) is 18.9 Å². The Bertz CT molecular complexity index is 990. The van der Waals surface area contributed by atoms with Crippen molar-refractivity contribution in [1.82, 2.24) is 9.88 Å². The van der Waals surface area contributed by atoms with Crippen molar-refractivity contribution < 1.29 is 18.0 Å². The molecule has 0 spiro atoms. The average molecular weight is 405 g/mol. The number of likely N-dealkylation sites (tertiary alicyclic amines) is 1. The van der Waals surface area contributed by atoms with E-state index in [-0.39, 0.29) is 18.3 Å². The Balaban J connectivity index is 1.50. The highest BCUT2D eigenvalue weighted by molar-refractivity contribution is 7.18. The monoisotopic (exact) mass is 405 g/mol. The Kier molecular flexibility index (Phi) is 5.32. The number of para-hydroxylation sites is 1. The summed E-state index contributed by atoms with van der Waals surface area (Å²) in [5, 5.41) is 3.30. The van der Waals surface area contributed by atoms with E-state index in [2.05, 4.69) is 5.32 Å². The maximum atomic E-state index is 13.8. The third kappa shape index (κ3) is 3.74. The van der Waals surface area contributed by atoms with E-state index in [9.17, 15) is 18.0 Å². The van der Waals surface area contributed by atoms with Crippen molar-refractivity contribution >= 4 is 33.1 Å². The molecule has 4 rings (SSSR count). The van der Waals surface area contributed by atoms with Gasteiger partial charge in [-0.05, 0) is 43.7 Å². The topological polar surface area (TPSA) is 45.2 Å². The molecule has 1 N–H and O–H groups in total. The summed E-state index contributed by atoms with van der Waals surface area (Å²) in [6.07, 6.45) is 2.87. The fourth-order valence-electron chi connectivity index (χ4n) is 3.49. The number of carbonyl (C=O) groups excluding carboxylic acids is 1. The summed E-state index contributed by atoms with van der Waals surface area (Å²) in [7, 11) is 0. The quantitative estimate of drug-likeness (QED) is 0.630. The first kappa shape index (κ1) is 18.9. The van der Waals surface area contributed by atoms with Crippen molar-refractivity contribution in [2.45, 2.75) is 25.3 Å². The van der Waals surface area contributed by atoms with Gasteiger partial charge in [0, 0.05) is 0 Å². The smallest absolute Gasteiger partial charge is 0.238 e. The highest BCUT2D eigenvalue weighted by atomic mass is 32.1. The molecular weight excluding hydrogens is 387 g/mol. The molecule has 1 aromatic heterocycles. The summed E-state index contributed by atoms with van der Waals surface area (Å²) in [5.74, 6) is -4.75. The summed E-state index contributed by atoms with van der Waals surface area (Å²) < 4.78 is 41.3. The van der Waals surface area contributed by atoms with Crippen LogP contribution in [0, 0.1) is 17.5 Å². The second-order valence-electron chi connectivity index (χ2n) is 6.77. The number of anilines is 1. The molecule has 28 heavy (non-hydrogen) atoms. The number of thiazole rings is 1. The van der Waals surface area contributed by atoms with Crippen LogP contribution >= 0.6 is 11.3 Å². The molecule has 0 saturated carbocycles. The van der Waals surface area contributed by atoms with E-state index in [1.54, 1.807) is 11.3 Å². The lowest BCUT2D eigenvalue weighted by molar-refractivity contribution is -0.118. The number of nitrogens with zero attached hydrogens (tertiary/aromatic N) is 2. The summed E-state index contributed by atoms with van der Waals surface area (Å²) in [5.41, 5.74) is 0.568. The third-order valence-corrected chi connectivity index (χ3v) is 6.00. The summed E-state index contributed by atoms with van der Waals surface area (Å²) >= 11 is 1.61. The summed E-state index contributed by atoms with van der Waals surface area (Å²) in [6, 6.07) is 9.70. The van der Waals surface area contributed by atoms with Gasteiger partial charge < -0.3 is 5.32 Å². The lowest BCUT2D eigenvalue weighted by Gasteiger charge is -2.33. The van der Waals surface area contributed by atoms with E-state index in [1.807, 2.05) is 29.2 Å². The molecule has 1 atom stereocenters. The highest BCUT2D eigenvalue weighted by Gasteiger charge is 2.28. The number of aromatic nitrogens is 1. The van der Waals surface area contributed by atoms with E-state index >= 15 is 0 Å². The van der Waals surface area contributed by atoms with Crippen LogP contribution in [0.5, 0.6) is 0 Å².